The molecule has 1 unspecified atom stereocenters. The van der Waals surface area contributed by atoms with Crippen LogP contribution in [0.3, 0.4) is 0 Å². The zero-order valence-electron chi connectivity index (χ0n) is 15.4. The summed E-state index contributed by atoms with van der Waals surface area (Å²) in [5, 5.41) is 9.25. The van der Waals surface area contributed by atoms with Crippen LogP contribution in [0, 0.1) is 18.8 Å². The molecule has 0 spiro atoms. The summed E-state index contributed by atoms with van der Waals surface area (Å²) in [5.41, 5.74) is 0.724. The van der Waals surface area contributed by atoms with Gasteiger partial charge in [-0.05, 0) is 61.3 Å². The van der Waals surface area contributed by atoms with Crippen LogP contribution in [-0.2, 0) is 6.18 Å². The molecule has 4 nitrogen and oxygen atoms in total. The zero-order valence-corrected chi connectivity index (χ0v) is 15.4. The highest BCUT2D eigenvalue weighted by molar-refractivity contribution is 5.88. The number of anilines is 1. The molecule has 4 rings (SSSR count). The van der Waals surface area contributed by atoms with Crippen LogP contribution < -0.4 is 4.90 Å². The fourth-order valence-electron chi connectivity index (χ4n) is 4.79. The molecule has 2 aromatic rings. The summed E-state index contributed by atoms with van der Waals surface area (Å²) >= 11 is 0. The number of alkyl halides is 3. The van der Waals surface area contributed by atoms with E-state index in [4.69, 9.17) is 0 Å². The van der Waals surface area contributed by atoms with Gasteiger partial charge in [-0.3, -0.25) is 0 Å². The molecule has 0 bridgehead atoms. The van der Waals surface area contributed by atoms with Gasteiger partial charge < -0.3 is 10.0 Å². The lowest BCUT2D eigenvalue weighted by atomic mass is 9.91. The highest BCUT2D eigenvalue weighted by Crippen LogP contribution is 2.49. The Balaban J connectivity index is 1.51. The van der Waals surface area contributed by atoms with Crippen molar-refractivity contribution in [1.29, 1.82) is 0 Å². The molecule has 1 N–H and O–H groups in total. The largest absolute Gasteiger partial charge is 0.478 e. The highest BCUT2D eigenvalue weighted by Gasteiger charge is 2.44. The topological polar surface area (TPSA) is 53.4 Å². The second kappa shape index (κ2) is 6.79. The van der Waals surface area contributed by atoms with E-state index < -0.39 is 17.7 Å². The van der Waals surface area contributed by atoms with Gasteiger partial charge in [0.15, 0.2) is 0 Å². The second-order valence-electron chi connectivity index (χ2n) is 7.84. The van der Waals surface area contributed by atoms with Crippen molar-refractivity contribution in [2.75, 3.05) is 18.0 Å². The number of hydrogen-bond acceptors (Lipinski definition) is 3. The van der Waals surface area contributed by atoms with Crippen molar-refractivity contribution in [2.24, 2.45) is 11.8 Å². The first-order chi connectivity index (χ1) is 13.2. The van der Waals surface area contributed by atoms with Crippen LogP contribution in [0.25, 0.3) is 0 Å². The number of carboxylic acid groups (broad SMARTS) is 1. The lowest BCUT2D eigenvalue weighted by Crippen LogP contribution is -2.23. The Hall–Kier alpha value is -2.57. The summed E-state index contributed by atoms with van der Waals surface area (Å²) in [6, 6.07) is 9.00. The molecule has 1 saturated carbocycles. The molecule has 148 valence electrons. The predicted octanol–water partition coefficient (Wildman–Crippen LogP) is 4.74. The number of aromatic carboxylic acids is 1. The van der Waals surface area contributed by atoms with Gasteiger partial charge in [0.05, 0.1) is 11.1 Å². The number of nitrogens with zero attached hydrogens (tertiary/aromatic N) is 2. The average Bonchev–Trinajstić information content (AvgIpc) is 3.19. The smallest absolute Gasteiger partial charge is 0.416 e. The molecule has 1 saturated heterocycles. The number of aromatic nitrogens is 1. The van der Waals surface area contributed by atoms with Crippen molar-refractivity contribution < 1.29 is 23.1 Å². The Morgan fingerprint density at radius 2 is 1.79 bits per heavy atom. The number of hydrogen-bond donors (Lipinski definition) is 1. The summed E-state index contributed by atoms with van der Waals surface area (Å²) in [7, 11) is 0. The number of pyridine rings is 1. The maximum absolute atomic E-state index is 13.4. The molecule has 1 aliphatic carbocycles. The monoisotopic (exact) mass is 390 g/mol. The first kappa shape index (κ1) is 18.8. The standard InChI is InChI=1S/C21H21F3N2O2/c1-12-6-14(20(27)28)9-19(25-12)26-10-15-7-13(8-16(15)11-26)17-4-2-3-5-18(17)21(22,23)24/h2-6,9,13,15-16H,7-8,10-11H2,1H3,(H,27,28)/t13?,15-,16+. The van der Waals surface area contributed by atoms with E-state index in [1.54, 1.807) is 25.1 Å². The Labute approximate surface area is 161 Å². The number of aryl methyl sites for hydroxylation is 1. The Kier molecular flexibility index (Phi) is 4.56. The van der Waals surface area contributed by atoms with E-state index in [9.17, 15) is 23.1 Å². The number of fused-ring (bicyclic) bond motifs is 1. The third-order valence-corrected chi connectivity index (χ3v) is 5.97. The van der Waals surface area contributed by atoms with Gasteiger partial charge in [0.25, 0.3) is 0 Å². The first-order valence-corrected chi connectivity index (χ1v) is 9.35. The van der Waals surface area contributed by atoms with E-state index >= 15 is 0 Å². The Morgan fingerprint density at radius 3 is 2.39 bits per heavy atom. The lowest BCUT2D eigenvalue weighted by molar-refractivity contribution is -0.138. The van der Waals surface area contributed by atoms with Gasteiger partial charge in [-0.1, -0.05) is 18.2 Å². The van der Waals surface area contributed by atoms with Crippen LogP contribution in [-0.4, -0.2) is 29.1 Å². The molecule has 2 fully saturated rings. The van der Waals surface area contributed by atoms with E-state index in [1.165, 1.54) is 18.2 Å². The molecule has 0 radical (unpaired) electrons. The van der Waals surface area contributed by atoms with Crippen molar-refractivity contribution in [3.63, 3.8) is 0 Å². The fraction of sp³-hybridized carbons (Fsp3) is 0.429. The first-order valence-electron chi connectivity index (χ1n) is 9.35. The van der Waals surface area contributed by atoms with Crippen LogP contribution in [0.5, 0.6) is 0 Å². The molecule has 2 heterocycles. The van der Waals surface area contributed by atoms with Gasteiger partial charge in [-0.2, -0.15) is 13.2 Å². The zero-order chi connectivity index (χ0) is 20.1. The summed E-state index contributed by atoms with van der Waals surface area (Å²) in [6.07, 6.45) is -2.91. The van der Waals surface area contributed by atoms with Gasteiger partial charge in [-0.15, -0.1) is 0 Å². The van der Waals surface area contributed by atoms with Gasteiger partial charge in [0, 0.05) is 18.8 Å². The van der Waals surface area contributed by atoms with Crippen LogP contribution in [0.15, 0.2) is 36.4 Å². The third kappa shape index (κ3) is 3.45. The highest BCUT2D eigenvalue weighted by atomic mass is 19.4. The van der Waals surface area contributed by atoms with E-state index in [0.29, 0.717) is 54.8 Å². The molecule has 1 aliphatic heterocycles. The quantitative estimate of drug-likeness (QED) is 0.823. The van der Waals surface area contributed by atoms with Crippen LogP contribution >= 0.6 is 0 Å². The number of benzene rings is 1. The van der Waals surface area contributed by atoms with Gasteiger partial charge in [0.2, 0.25) is 0 Å². The minimum atomic E-state index is -4.33. The molecular formula is C21H21F3N2O2. The summed E-state index contributed by atoms with van der Waals surface area (Å²) < 4.78 is 40.1. The molecule has 28 heavy (non-hydrogen) atoms. The third-order valence-electron chi connectivity index (χ3n) is 5.97. The van der Waals surface area contributed by atoms with Crippen molar-refractivity contribution in [2.45, 2.75) is 31.9 Å². The molecule has 1 aromatic carbocycles. The van der Waals surface area contributed by atoms with Gasteiger partial charge >= 0.3 is 12.1 Å². The van der Waals surface area contributed by atoms with Crippen LogP contribution in [0.2, 0.25) is 0 Å². The van der Waals surface area contributed by atoms with Crippen LogP contribution in [0.4, 0.5) is 19.0 Å². The van der Waals surface area contributed by atoms with Crippen molar-refractivity contribution >= 4 is 11.8 Å². The molecule has 7 heteroatoms. The normalized spacial score (nSPS) is 24.4. The fourth-order valence-corrected chi connectivity index (χ4v) is 4.79. The van der Waals surface area contributed by atoms with E-state index in [0.717, 1.165) is 0 Å². The number of rotatable bonds is 3. The van der Waals surface area contributed by atoms with E-state index in [2.05, 4.69) is 9.88 Å². The van der Waals surface area contributed by atoms with E-state index in [1.807, 2.05) is 0 Å². The number of carboxylic acids is 1. The van der Waals surface area contributed by atoms with Gasteiger partial charge in [0.1, 0.15) is 5.82 Å². The average molecular weight is 390 g/mol. The van der Waals surface area contributed by atoms with Crippen molar-refractivity contribution in [1.82, 2.24) is 4.98 Å². The maximum Gasteiger partial charge on any atom is 0.416 e. The molecular weight excluding hydrogens is 369 g/mol. The van der Waals surface area contributed by atoms with Gasteiger partial charge in [-0.25, -0.2) is 9.78 Å². The summed E-state index contributed by atoms with van der Waals surface area (Å²) in [6.45, 7) is 3.16. The minimum absolute atomic E-state index is 0.0879. The summed E-state index contributed by atoms with van der Waals surface area (Å²) in [5.74, 6) is 0.146. The minimum Gasteiger partial charge on any atom is -0.478 e. The maximum atomic E-state index is 13.4. The summed E-state index contributed by atoms with van der Waals surface area (Å²) in [4.78, 5) is 17.8. The Bertz CT molecular complexity index is 899. The molecule has 3 atom stereocenters. The predicted molar refractivity (Wildman–Crippen MR) is 98.5 cm³/mol. The van der Waals surface area contributed by atoms with Crippen LogP contribution in [0.1, 0.15) is 45.9 Å². The number of carbonyl (C=O) groups is 1. The van der Waals surface area contributed by atoms with Crippen molar-refractivity contribution in [3.05, 3.63) is 58.8 Å². The second-order valence-corrected chi connectivity index (χ2v) is 7.84. The Morgan fingerprint density at radius 1 is 1.14 bits per heavy atom. The molecule has 1 aromatic heterocycles. The molecule has 0 amide bonds. The van der Waals surface area contributed by atoms with Crippen molar-refractivity contribution in [3.8, 4) is 0 Å². The number of halogens is 3. The lowest BCUT2D eigenvalue weighted by Gasteiger charge is -2.22. The SMILES string of the molecule is Cc1cc(C(=O)O)cc(N2C[C@H]3CC(c4ccccc4C(F)(F)F)C[C@H]3C2)n1. The molecule has 2 aliphatic rings. The van der Waals surface area contributed by atoms with E-state index in [-0.39, 0.29) is 11.5 Å².